The first-order valence-corrected chi connectivity index (χ1v) is 7.84. The van der Waals surface area contributed by atoms with Gasteiger partial charge in [0.2, 0.25) is 0 Å². The van der Waals surface area contributed by atoms with Crippen molar-refractivity contribution in [2.24, 2.45) is 0 Å². The van der Waals surface area contributed by atoms with Gasteiger partial charge in [-0.05, 0) is 55.0 Å². The Bertz CT molecular complexity index is 802. The summed E-state index contributed by atoms with van der Waals surface area (Å²) in [6.07, 6.45) is 4.35. The molecular weight excluding hydrogens is 308 g/mol. The Labute approximate surface area is 139 Å². The van der Waals surface area contributed by atoms with Crippen LogP contribution in [0.4, 0.5) is 11.4 Å². The van der Waals surface area contributed by atoms with Crippen molar-refractivity contribution in [3.8, 4) is 5.75 Å². The SMILES string of the molecule is COc1ccc([N+](=O)[O-])cc1NC(=O)c1ccc2c(c1)CCCC2. The van der Waals surface area contributed by atoms with Gasteiger partial charge >= 0.3 is 0 Å². The lowest BCUT2D eigenvalue weighted by Crippen LogP contribution is -2.14. The lowest BCUT2D eigenvalue weighted by atomic mass is 9.90. The van der Waals surface area contributed by atoms with Crippen molar-refractivity contribution in [3.63, 3.8) is 0 Å². The zero-order valence-corrected chi connectivity index (χ0v) is 13.4. The maximum Gasteiger partial charge on any atom is 0.271 e. The molecule has 1 N–H and O–H groups in total. The fourth-order valence-electron chi connectivity index (χ4n) is 2.98. The van der Waals surface area contributed by atoms with Crippen LogP contribution in [0.3, 0.4) is 0 Å². The van der Waals surface area contributed by atoms with Crippen molar-refractivity contribution in [1.29, 1.82) is 0 Å². The first-order valence-electron chi connectivity index (χ1n) is 7.84. The highest BCUT2D eigenvalue weighted by Gasteiger charge is 2.16. The van der Waals surface area contributed by atoms with E-state index in [4.69, 9.17) is 4.74 Å². The molecule has 0 saturated carbocycles. The van der Waals surface area contributed by atoms with E-state index < -0.39 is 4.92 Å². The van der Waals surface area contributed by atoms with Crippen LogP contribution in [0.1, 0.15) is 34.3 Å². The van der Waals surface area contributed by atoms with Gasteiger partial charge in [0.15, 0.2) is 0 Å². The van der Waals surface area contributed by atoms with E-state index in [-0.39, 0.29) is 17.3 Å². The summed E-state index contributed by atoms with van der Waals surface area (Å²) in [5.41, 5.74) is 3.24. The van der Waals surface area contributed by atoms with Crippen molar-refractivity contribution >= 4 is 17.3 Å². The zero-order valence-electron chi connectivity index (χ0n) is 13.4. The number of carbonyl (C=O) groups excluding carboxylic acids is 1. The number of nitro benzene ring substituents is 1. The normalized spacial score (nSPS) is 13.0. The summed E-state index contributed by atoms with van der Waals surface area (Å²) < 4.78 is 5.17. The number of non-ortho nitro benzene ring substituents is 1. The van der Waals surface area contributed by atoms with Crippen LogP contribution in [0, 0.1) is 10.1 Å². The van der Waals surface area contributed by atoms with E-state index in [0.29, 0.717) is 11.3 Å². The first-order chi connectivity index (χ1) is 11.6. The monoisotopic (exact) mass is 326 g/mol. The minimum absolute atomic E-state index is 0.100. The Morgan fingerprint density at radius 2 is 1.88 bits per heavy atom. The quantitative estimate of drug-likeness (QED) is 0.685. The third-order valence-corrected chi connectivity index (χ3v) is 4.25. The number of nitrogens with zero attached hydrogens (tertiary/aromatic N) is 1. The van der Waals surface area contributed by atoms with E-state index in [1.165, 1.54) is 42.9 Å². The summed E-state index contributed by atoms with van der Waals surface area (Å²) in [4.78, 5) is 22.9. The number of benzene rings is 2. The molecule has 6 heteroatoms. The van der Waals surface area contributed by atoms with Crippen molar-refractivity contribution in [1.82, 2.24) is 0 Å². The number of hydrogen-bond acceptors (Lipinski definition) is 4. The lowest BCUT2D eigenvalue weighted by molar-refractivity contribution is -0.384. The van der Waals surface area contributed by atoms with E-state index >= 15 is 0 Å². The topological polar surface area (TPSA) is 81.5 Å². The minimum atomic E-state index is -0.506. The van der Waals surface area contributed by atoms with Gasteiger partial charge in [-0.1, -0.05) is 6.07 Å². The molecule has 6 nitrogen and oxygen atoms in total. The molecule has 0 atom stereocenters. The highest BCUT2D eigenvalue weighted by atomic mass is 16.6. The zero-order chi connectivity index (χ0) is 17.1. The molecule has 0 heterocycles. The number of amides is 1. The summed E-state index contributed by atoms with van der Waals surface area (Å²) >= 11 is 0. The van der Waals surface area contributed by atoms with Crippen LogP contribution in [0.25, 0.3) is 0 Å². The van der Waals surface area contributed by atoms with E-state index in [1.807, 2.05) is 12.1 Å². The summed E-state index contributed by atoms with van der Waals surface area (Å²) in [6.45, 7) is 0. The van der Waals surface area contributed by atoms with Crippen LogP contribution >= 0.6 is 0 Å². The van der Waals surface area contributed by atoms with Gasteiger partial charge in [-0.3, -0.25) is 14.9 Å². The van der Waals surface area contributed by atoms with Gasteiger partial charge in [0, 0.05) is 17.7 Å². The molecule has 0 aromatic heterocycles. The van der Waals surface area contributed by atoms with Crippen LogP contribution in [0.5, 0.6) is 5.75 Å². The number of hydrogen-bond donors (Lipinski definition) is 1. The fourth-order valence-corrected chi connectivity index (χ4v) is 2.98. The number of ether oxygens (including phenoxy) is 1. The molecule has 0 fully saturated rings. The Morgan fingerprint density at radius 1 is 1.12 bits per heavy atom. The number of fused-ring (bicyclic) bond motifs is 1. The van der Waals surface area contributed by atoms with Gasteiger partial charge < -0.3 is 10.1 Å². The standard InChI is InChI=1S/C18H18N2O4/c1-24-17-9-8-15(20(22)23)11-16(17)19-18(21)14-7-6-12-4-2-3-5-13(12)10-14/h6-11H,2-5H2,1H3,(H,19,21). The van der Waals surface area contributed by atoms with Crippen LogP contribution < -0.4 is 10.1 Å². The van der Waals surface area contributed by atoms with Gasteiger partial charge in [-0.15, -0.1) is 0 Å². The van der Waals surface area contributed by atoms with Crippen LogP contribution in [-0.4, -0.2) is 17.9 Å². The lowest BCUT2D eigenvalue weighted by Gasteiger charge is -2.16. The predicted octanol–water partition coefficient (Wildman–Crippen LogP) is 3.73. The van der Waals surface area contributed by atoms with E-state index in [0.717, 1.165) is 19.3 Å². The predicted molar refractivity (Wildman–Crippen MR) is 90.7 cm³/mol. The number of methoxy groups -OCH3 is 1. The fraction of sp³-hybridized carbons (Fsp3) is 0.278. The molecule has 0 bridgehead atoms. The molecule has 1 aliphatic rings. The van der Waals surface area contributed by atoms with Crippen molar-refractivity contribution < 1.29 is 14.5 Å². The average molecular weight is 326 g/mol. The molecule has 0 spiro atoms. The maximum absolute atomic E-state index is 12.5. The van der Waals surface area contributed by atoms with Crippen LogP contribution in [-0.2, 0) is 12.8 Å². The second-order valence-electron chi connectivity index (χ2n) is 5.79. The number of carbonyl (C=O) groups is 1. The molecule has 2 aromatic carbocycles. The van der Waals surface area contributed by atoms with Gasteiger partial charge in [-0.25, -0.2) is 0 Å². The molecule has 1 aliphatic carbocycles. The minimum Gasteiger partial charge on any atom is -0.495 e. The van der Waals surface area contributed by atoms with E-state index in [9.17, 15) is 14.9 Å². The highest BCUT2D eigenvalue weighted by molar-refractivity contribution is 6.05. The van der Waals surface area contributed by atoms with E-state index in [1.54, 1.807) is 6.07 Å². The first kappa shape index (κ1) is 16.0. The molecule has 124 valence electrons. The number of nitrogens with one attached hydrogen (secondary N) is 1. The summed E-state index contributed by atoms with van der Waals surface area (Å²) in [5.74, 6) is 0.0779. The number of rotatable bonds is 4. The largest absolute Gasteiger partial charge is 0.495 e. The average Bonchev–Trinajstić information content (AvgIpc) is 2.61. The summed E-state index contributed by atoms with van der Waals surface area (Å²) in [7, 11) is 1.45. The second kappa shape index (κ2) is 6.70. The van der Waals surface area contributed by atoms with Crippen molar-refractivity contribution in [3.05, 3.63) is 63.2 Å². The molecule has 0 aliphatic heterocycles. The number of anilines is 1. The molecule has 0 saturated heterocycles. The third-order valence-electron chi connectivity index (χ3n) is 4.25. The Kier molecular flexibility index (Phi) is 4.46. The van der Waals surface area contributed by atoms with Gasteiger partial charge in [-0.2, -0.15) is 0 Å². The Hall–Kier alpha value is -2.89. The molecule has 0 radical (unpaired) electrons. The Morgan fingerprint density at radius 3 is 2.58 bits per heavy atom. The molecule has 0 unspecified atom stereocenters. The maximum atomic E-state index is 12.5. The Balaban J connectivity index is 1.86. The number of nitro groups is 1. The van der Waals surface area contributed by atoms with Crippen molar-refractivity contribution in [2.75, 3.05) is 12.4 Å². The summed E-state index contributed by atoms with van der Waals surface area (Å²) in [5, 5.41) is 13.6. The number of aryl methyl sites for hydroxylation is 2. The van der Waals surface area contributed by atoms with Gasteiger partial charge in [0.05, 0.1) is 17.7 Å². The van der Waals surface area contributed by atoms with Crippen molar-refractivity contribution in [2.45, 2.75) is 25.7 Å². The molecule has 2 aromatic rings. The van der Waals surface area contributed by atoms with E-state index in [2.05, 4.69) is 5.32 Å². The smallest absolute Gasteiger partial charge is 0.271 e. The summed E-state index contributed by atoms with van der Waals surface area (Å²) in [6, 6.07) is 9.81. The molecule has 1 amide bonds. The third kappa shape index (κ3) is 3.22. The van der Waals surface area contributed by atoms with Gasteiger partial charge in [0.1, 0.15) is 5.75 Å². The van der Waals surface area contributed by atoms with Crippen LogP contribution in [0.2, 0.25) is 0 Å². The highest BCUT2D eigenvalue weighted by Crippen LogP contribution is 2.29. The molecule has 3 rings (SSSR count). The van der Waals surface area contributed by atoms with Gasteiger partial charge in [0.25, 0.3) is 11.6 Å². The van der Waals surface area contributed by atoms with Crippen LogP contribution in [0.15, 0.2) is 36.4 Å². The molecule has 24 heavy (non-hydrogen) atoms. The molecular formula is C18H18N2O4. The second-order valence-corrected chi connectivity index (χ2v) is 5.79.